The molecule has 0 amide bonds. The topological polar surface area (TPSA) is 184 Å². The van der Waals surface area contributed by atoms with Crippen LogP contribution in [0.1, 0.15) is 0 Å². The summed E-state index contributed by atoms with van der Waals surface area (Å²) < 4.78 is 32.7. The van der Waals surface area contributed by atoms with Gasteiger partial charge in [-0.3, -0.25) is 0 Å². The van der Waals surface area contributed by atoms with Crippen molar-refractivity contribution in [3.8, 4) is 0 Å². The zero-order chi connectivity index (χ0) is 4.50. The van der Waals surface area contributed by atoms with Crippen LogP contribution in [0.5, 0.6) is 0 Å². The summed E-state index contributed by atoms with van der Waals surface area (Å²) in [5.74, 6) is 0. The van der Waals surface area contributed by atoms with Crippen molar-refractivity contribution in [2.45, 2.75) is 0 Å². The third-order valence-corrected chi connectivity index (χ3v) is 0. The van der Waals surface area contributed by atoms with Crippen molar-refractivity contribution < 1.29 is 67.7 Å². The first kappa shape index (κ1) is 33.1. The molecule has 0 rings (SSSR count). The summed E-state index contributed by atoms with van der Waals surface area (Å²) >= 11 is 0. The van der Waals surface area contributed by atoms with Gasteiger partial charge < -0.3 is 16.4 Å². The Morgan fingerprint density at radius 3 is 0.889 bits per heavy atom. The van der Waals surface area contributed by atoms with Gasteiger partial charge in [-0.05, 0) is 0 Å². The van der Waals surface area contributed by atoms with Gasteiger partial charge in [-0.25, -0.2) is 0 Å². The Hall–Kier alpha value is 0.750. The van der Waals surface area contributed by atoms with Gasteiger partial charge in [0.05, 0.1) is 14.9 Å². The summed E-state index contributed by atoms with van der Waals surface area (Å²) in [5.41, 5.74) is 0. The normalized spacial score (nSPS) is 6.67. The van der Waals surface area contributed by atoms with Gasteiger partial charge in [-0.1, -0.05) is 0 Å². The molecule has 0 aliphatic rings. The molecule has 0 fully saturated rings. The van der Waals surface area contributed by atoms with Gasteiger partial charge in [0.15, 0.2) is 0 Å². The Morgan fingerprint density at radius 1 is 0.889 bits per heavy atom. The van der Waals surface area contributed by atoms with Crippen molar-refractivity contribution in [3.05, 3.63) is 0 Å². The molecule has 0 aromatic carbocycles. The van der Waals surface area contributed by atoms with E-state index >= 15 is 0 Å². The number of hydrogen-bond acceptors (Lipinski definition) is 4. The van der Waals surface area contributed by atoms with Gasteiger partial charge in [0.25, 0.3) is 0 Å². The molecule has 9 heteroatoms. The fourth-order valence-corrected chi connectivity index (χ4v) is 0. The maximum Gasteiger partial charge on any atom is 0.0777 e. The van der Waals surface area contributed by atoms with Crippen LogP contribution >= 0.6 is 0 Å². The molecule has 0 atom stereocenters. The van der Waals surface area contributed by atoms with Crippen LogP contribution in [-0.2, 0) is 22.4 Å². The number of rotatable bonds is 0. The molecule has 0 unspecified atom stereocenters. The first-order valence-corrected chi connectivity index (χ1v) is 1.90. The van der Waals surface area contributed by atoms with Crippen LogP contribution in [0, 0.1) is 10.2 Å². The van der Waals surface area contributed by atoms with Gasteiger partial charge in [-0.15, -0.1) is 0 Å². The molecule has 67 valence electrons. The van der Waals surface area contributed by atoms with E-state index in [1.165, 1.54) is 0 Å². The summed E-state index contributed by atoms with van der Waals surface area (Å²) in [6.07, 6.45) is 0. The molecule has 0 saturated carbocycles. The number of halogens is 1. The fourth-order valence-electron chi connectivity index (χ4n) is 0. The van der Waals surface area contributed by atoms with Crippen molar-refractivity contribution in [2.24, 2.45) is 0 Å². The average molecular weight is 262 g/mol. The molecule has 9 heavy (non-hydrogen) atoms. The third-order valence-electron chi connectivity index (χ3n) is 0. The quantitative estimate of drug-likeness (QED) is 0.425. The van der Waals surface area contributed by atoms with Crippen molar-refractivity contribution >= 4 is 0 Å². The Balaban J connectivity index is -0.0000000133. The maximum atomic E-state index is 8.60. The van der Waals surface area contributed by atoms with E-state index in [9.17, 15) is 0 Å². The molecule has 1 radical (unpaired) electrons. The van der Waals surface area contributed by atoms with E-state index < -0.39 is 10.2 Å². The molecule has 0 aromatic rings. The van der Waals surface area contributed by atoms with Gasteiger partial charge in [0, 0.05) is 22.4 Å². The fraction of sp³-hybridized carbons (Fsp3) is 0. The van der Waals surface area contributed by atoms with Crippen molar-refractivity contribution in [3.63, 3.8) is 0 Å². The van der Waals surface area contributed by atoms with Crippen molar-refractivity contribution in [1.29, 1.82) is 0 Å². The van der Waals surface area contributed by atoms with Gasteiger partial charge in [0.1, 0.15) is 0 Å². The standard InChI is InChI=1S/Ag.ClHO4.3H2O/c;2-1(3,4)5;;;/h;(H,2,3,4,5);3*1H2. The Labute approximate surface area is 68.1 Å². The smallest absolute Gasteiger partial charge is 0.0777 e. The summed E-state index contributed by atoms with van der Waals surface area (Å²) in [5, 5.41) is 0. The summed E-state index contributed by atoms with van der Waals surface area (Å²) in [4.78, 5) is 0. The zero-order valence-electron chi connectivity index (χ0n) is 3.85. The summed E-state index contributed by atoms with van der Waals surface area (Å²) in [6, 6.07) is 0. The zero-order valence-corrected chi connectivity index (χ0v) is 6.09. The Bertz CT molecular complexity index is 24.4. The Kier molecular flexibility index (Phi) is 42.4. The van der Waals surface area contributed by atoms with Crippen LogP contribution in [0.3, 0.4) is 0 Å². The van der Waals surface area contributed by atoms with E-state index in [0.29, 0.717) is 0 Å². The summed E-state index contributed by atoms with van der Waals surface area (Å²) in [6.45, 7) is 0. The predicted molar refractivity (Wildman–Crippen MR) is 13.1 cm³/mol. The monoisotopic (exact) mass is 261 g/mol. The van der Waals surface area contributed by atoms with E-state index in [-0.39, 0.29) is 38.8 Å². The molecule has 0 spiro atoms. The van der Waals surface area contributed by atoms with Crippen LogP contribution < -0.4 is 14.0 Å². The third kappa shape index (κ3) is 708. The van der Waals surface area contributed by atoms with Crippen molar-refractivity contribution in [2.75, 3.05) is 0 Å². The van der Waals surface area contributed by atoms with E-state index in [1.54, 1.807) is 0 Å². The van der Waals surface area contributed by atoms with Gasteiger partial charge >= 0.3 is 0 Å². The molecule has 0 aliphatic heterocycles. The van der Waals surface area contributed by atoms with E-state index in [0.717, 1.165) is 0 Å². The molecule has 7 nitrogen and oxygen atoms in total. The largest absolute Gasteiger partial charge is 0.412 e. The van der Waals surface area contributed by atoms with Crippen molar-refractivity contribution in [1.82, 2.24) is 0 Å². The Morgan fingerprint density at radius 2 is 0.889 bits per heavy atom. The first-order chi connectivity index (χ1) is 2.00. The molecule has 0 heterocycles. The van der Waals surface area contributed by atoms with Crippen LogP contribution in [-0.4, -0.2) is 21.1 Å². The minimum atomic E-state index is -4.69. The molecule has 0 saturated heterocycles. The predicted octanol–water partition coefficient (Wildman–Crippen LogP) is -6.60. The average Bonchev–Trinajstić information content (AvgIpc) is 0.722. The number of hydrogen-bond donors (Lipinski definition) is 1. The van der Waals surface area contributed by atoms with E-state index in [1.807, 2.05) is 0 Å². The minimum Gasteiger partial charge on any atom is -0.412 e. The second-order valence-electron chi connectivity index (χ2n) is 0.396. The van der Waals surface area contributed by atoms with Crippen LogP contribution in [0.2, 0.25) is 0 Å². The van der Waals surface area contributed by atoms with E-state index in [2.05, 4.69) is 0 Å². The van der Waals surface area contributed by atoms with Crippen LogP contribution in [0.4, 0.5) is 0 Å². The summed E-state index contributed by atoms with van der Waals surface area (Å²) in [7, 11) is -4.69. The van der Waals surface area contributed by atoms with Gasteiger partial charge in [0.2, 0.25) is 0 Å². The minimum absolute atomic E-state index is 0. The van der Waals surface area contributed by atoms with Gasteiger partial charge in [-0.2, -0.15) is 14.0 Å². The first-order valence-electron chi connectivity index (χ1n) is 0.632. The molecule has 0 bridgehead atoms. The molecule has 0 aliphatic carbocycles. The second kappa shape index (κ2) is 11.5. The molecule has 7 N–H and O–H groups in total. The SMILES string of the molecule is O.O.O.[Ag].[O-][Cl+3]([O-])([O-])O. The van der Waals surface area contributed by atoms with Crippen LogP contribution in [0.25, 0.3) is 0 Å². The molecular formula is H7AgClO7. The van der Waals surface area contributed by atoms with Crippen LogP contribution in [0.15, 0.2) is 0 Å². The second-order valence-corrected chi connectivity index (χ2v) is 1.19. The maximum absolute atomic E-state index is 8.60. The molecular weight excluding hydrogens is 255 g/mol. The van der Waals surface area contributed by atoms with E-state index in [4.69, 9.17) is 18.6 Å². The molecule has 0 aromatic heterocycles.